The zero-order valence-electron chi connectivity index (χ0n) is 9.95. The molecule has 2 N–H and O–H groups in total. The van der Waals surface area contributed by atoms with Crippen LogP contribution in [0.4, 0.5) is 0 Å². The lowest BCUT2D eigenvalue weighted by Gasteiger charge is -2.26. The Morgan fingerprint density at radius 3 is 3.18 bits per heavy atom. The number of nitrogens with one attached hydrogen (secondary N) is 1. The van der Waals surface area contributed by atoms with Gasteiger partial charge in [-0.1, -0.05) is 15.9 Å². The third-order valence-electron chi connectivity index (χ3n) is 2.96. The predicted molar refractivity (Wildman–Crippen MR) is 76.5 cm³/mol. The van der Waals surface area contributed by atoms with Crippen LogP contribution < -0.4 is 5.32 Å². The van der Waals surface area contributed by atoms with Gasteiger partial charge < -0.3 is 10.4 Å². The molecule has 1 aliphatic heterocycles. The maximum atomic E-state index is 9.27. The molecule has 2 atom stereocenters. The average Bonchev–Trinajstić information content (AvgIpc) is 2.29. The SMILES string of the molecule is CC(O)CCNC1CCSc2ccc(Br)cc21. The third kappa shape index (κ3) is 3.71. The van der Waals surface area contributed by atoms with Crippen LogP contribution in [0.5, 0.6) is 0 Å². The predicted octanol–water partition coefficient (Wildman–Crippen LogP) is 3.35. The van der Waals surface area contributed by atoms with Crippen molar-refractivity contribution in [2.24, 2.45) is 0 Å². The summed E-state index contributed by atoms with van der Waals surface area (Å²) in [5.41, 5.74) is 1.39. The summed E-state index contributed by atoms with van der Waals surface area (Å²) in [6.45, 7) is 2.71. The fourth-order valence-corrected chi connectivity index (χ4v) is 3.53. The lowest BCUT2D eigenvalue weighted by molar-refractivity contribution is 0.182. The molecule has 0 spiro atoms. The van der Waals surface area contributed by atoms with Crippen LogP contribution in [-0.2, 0) is 0 Å². The lowest BCUT2D eigenvalue weighted by atomic mass is 10.0. The minimum absolute atomic E-state index is 0.220. The van der Waals surface area contributed by atoms with E-state index in [-0.39, 0.29) is 6.10 Å². The minimum atomic E-state index is -0.220. The first-order valence-electron chi connectivity index (χ1n) is 6.00. The first-order valence-corrected chi connectivity index (χ1v) is 7.78. The molecular formula is C13H18BrNOS. The van der Waals surface area contributed by atoms with Gasteiger partial charge in [-0.15, -0.1) is 11.8 Å². The van der Waals surface area contributed by atoms with Gasteiger partial charge in [0.25, 0.3) is 0 Å². The average molecular weight is 316 g/mol. The van der Waals surface area contributed by atoms with Crippen LogP contribution in [-0.4, -0.2) is 23.5 Å². The van der Waals surface area contributed by atoms with E-state index >= 15 is 0 Å². The fourth-order valence-electron chi connectivity index (χ4n) is 2.04. The van der Waals surface area contributed by atoms with Gasteiger partial charge in [-0.25, -0.2) is 0 Å². The summed E-state index contributed by atoms with van der Waals surface area (Å²) in [5.74, 6) is 1.17. The van der Waals surface area contributed by atoms with Gasteiger partial charge in [0, 0.05) is 15.4 Å². The van der Waals surface area contributed by atoms with E-state index in [4.69, 9.17) is 0 Å². The van der Waals surface area contributed by atoms with E-state index in [0.29, 0.717) is 6.04 Å². The van der Waals surface area contributed by atoms with Crippen molar-refractivity contribution in [1.29, 1.82) is 0 Å². The maximum absolute atomic E-state index is 9.27. The summed E-state index contributed by atoms with van der Waals surface area (Å²) in [5, 5.41) is 12.8. The molecule has 1 aliphatic rings. The van der Waals surface area contributed by atoms with E-state index in [1.165, 1.54) is 16.2 Å². The van der Waals surface area contributed by atoms with Crippen LogP contribution in [0.3, 0.4) is 0 Å². The molecule has 4 heteroatoms. The largest absolute Gasteiger partial charge is 0.393 e. The van der Waals surface area contributed by atoms with Crippen LogP contribution in [0.15, 0.2) is 27.6 Å². The number of hydrogen-bond donors (Lipinski definition) is 2. The Hall–Kier alpha value is -0.0300. The molecule has 1 aromatic carbocycles. The Bertz CT molecular complexity index is 384. The standard InChI is InChI=1S/C13H18BrNOS/c1-9(16)4-6-15-12-5-7-17-13-3-2-10(14)8-11(12)13/h2-3,8-9,12,15-16H,4-7H2,1H3. The molecule has 17 heavy (non-hydrogen) atoms. The number of rotatable bonds is 4. The molecule has 2 rings (SSSR count). The Labute approximate surface area is 115 Å². The first kappa shape index (κ1) is 13.4. The van der Waals surface area contributed by atoms with Crippen molar-refractivity contribution in [2.45, 2.75) is 36.8 Å². The zero-order valence-corrected chi connectivity index (χ0v) is 12.4. The topological polar surface area (TPSA) is 32.3 Å². The molecule has 0 fully saturated rings. The normalized spacial score (nSPS) is 21.0. The summed E-state index contributed by atoms with van der Waals surface area (Å²) < 4.78 is 1.14. The molecule has 0 radical (unpaired) electrons. The number of halogens is 1. The Morgan fingerprint density at radius 2 is 2.41 bits per heavy atom. The van der Waals surface area contributed by atoms with E-state index in [0.717, 1.165) is 23.9 Å². The second kappa shape index (κ2) is 6.23. The fraction of sp³-hybridized carbons (Fsp3) is 0.538. The molecule has 2 unspecified atom stereocenters. The molecule has 0 aliphatic carbocycles. The molecule has 94 valence electrons. The highest BCUT2D eigenvalue weighted by Crippen LogP contribution is 2.37. The molecule has 1 aromatic rings. The van der Waals surface area contributed by atoms with Gasteiger partial charge in [0.05, 0.1) is 6.10 Å². The van der Waals surface area contributed by atoms with E-state index in [1.54, 1.807) is 0 Å². The van der Waals surface area contributed by atoms with Crippen molar-refractivity contribution in [3.05, 3.63) is 28.2 Å². The molecule has 0 aromatic heterocycles. The van der Waals surface area contributed by atoms with Crippen molar-refractivity contribution in [1.82, 2.24) is 5.32 Å². The summed E-state index contributed by atoms with van der Waals surface area (Å²) in [7, 11) is 0. The number of aliphatic hydroxyl groups is 1. The summed E-state index contributed by atoms with van der Waals surface area (Å²) in [4.78, 5) is 1.38. The van der Waals surface area contributed by atoms with Gasteiger partial charge in [-0.05, 0) is 55.8 Å². The Kier molecular flexibility index (Phi) is 4.91. The third-order valence-corrected chi connectivity index (χ3v) is 4.58. The van der Waals surface area contributed by atoms with Gasteiger partial charge in [-0.3, -0.25) is 0 Å². The minimum Gasteiger partial charge on any atom is -0.393 e. The van der Waals surface area contributed by atoms with Crippen LogP contribution in [0, 0.1) is 0 Å². The second-order valence-corrected chi connectivity index (χ2v) is 6.52. The summed E-state index contributed by atoms with van der Waals surface area (Å²) in [6.07, 6.45) is 1.75. The zero-order chi connectivity index (χ0) is 12.3. The van der Waals surface area contributed by atoms with Gasteiger partial charge in [-0.2, -0.15) is 0 Å². The molecule has 0 amide bonds. The van der Waals surface area contributed by atoms with Crippen LogP contribution >= 0.6 is 27.7 Å². The highest BCUT2D eigenvalue weighted by Gasteiger charge is 2.20. The second-order valence-electron chi connectivity index (χ2n) is 4.46. The molecule has 0 saturated heterocycles. The summed E-state index contributed by atoms with van der Waals surface area (Å²) >= 11 is 5.46. The van der Waals surface area contributed by atoms with Gasteiger partial charge in [0.15, 0.2) is 0 Å². The van der Waals surface area contributed by atoms with Crippen LogP contribution in [0.2, 0.25) is 0 Å². The quantitative estimate of drug-likeness (QED) is 0.893. The maximum Gasteiger partial charge on any atom is 0.0524 e. The van der Waals surface area contributed by atoms with E-state index in [2.05, 4.69) is 39.4 Å². The van der Waals surface area contributed by atoms with Gasteiger partial charge in [0.1, 0.15) is 0 Å². The van der Waals surface area contributed by atoms with Gasteiger partial charge in [0.2, 0.25) is 0 Å². The monoisotopic (exact) mass is 315 g/mol. The van der Waals surface area contributed by atoms with Crippen molar-refractivity contribution in [2.75, 3.05) is 12.3 Å². The highest BCUT2D eigenvalue weighted by atomic mass is 79.9. The van der Waals surface area contributed by atoms with E-state index in [1.807, 2.05) is 18.7 Å². The number of fused-ring (bicyclic) bond motifs is 1. The van der Waals surface area contributed by atoms with Crippen LogP contribution in [0.25, 0.3) is 0 Å². The molecular weight excluding hydrogens is 298 g/mol. The van der Waals surface area contributed by atoms with E-state index < -0.39 is 0 Å². The number of thioether (sulfide) groups is 1. The summed E-state index contributed by atoms with van der Waals surface area (Å²) in [6, 6.07) is 6.93. The van der Waals surface area contributed by atoms with E-state index in [9.17, 15) is 5.11 Å². The highest BCUT2D eigenvalue weighted by molar-refractivity contribution is 9.10. The Morgan fingerprint density at radius 1 is 1.59 bits per heavy atom. The van der Waals surface area contributed by atoms with Crippen molar-refractivity contribution < 1.29 is 5.11 Å². The Balaban J connectivity index is 2.03. The number of benzene rings is 1. The smallest absolute Gasteiger partial charge is 0.0524 e. The molecule has 0 saturated carbocycles. The van der Waals surface area contributed by atoms with Crippen molar-refractivity contribution in [3.63, 3.8) is 0 Å². The first-order chi connectivity index (χ1) is 8.16. The van der Waals surface area contributed by atoms with Crippen LogP contribution in [0.1, 0.15) is 31.4 Å². The lowest BCUT2D eigenvalue weighted by Crippen LogP contribution is -2.27. The number of hydrogen-bond acceptors (Lipinski definition) is 3. The van der Waals surface area contributed by atoms with Gasteiger partial charge >= 0.3 is 0 Å². The molecule has 1 heterocycles. The van der Waals surface area contributed by atoms with Crippen molar-refractivity contribution in [3.8, 4) is 0 Å². The molecule has 2 nitrogen and oxygen atoms in total. The number of aliphatic hydroxyl groups excluding tert-OH is 1. The van der Waals surface area contributed by atoms with Crippen molar-refractivity contribution >= 4 is 27.7 Å². The molecule has 0 bridgehead atoms.